The smallest absolute Gasteiger partial charge is 0.165 e. The van der Waals surface area contributed by atoms with Gasteiger partial charge in [0, 0.05) is 22.1 Å². The number of hydrogen-bond acceptors (Lipinski definition) is 3. The molecule has 0 amide bonds. The van der Waals surface area contributed by atoms with E-state index in [1.54, 1.807) is 6.20 Å². The van der Waals surface area contributed by atoms with E-state index in [0.717, 1.165) is 21.5 Å². The van der Waals surface area contributed by atoms with Gasteiger partial charge in [0.05, 0.1) is 12.4 Å². The number of nitrogens with zero attached hydrogens (tertiary/aromatic N) is 2. The Labute approximate surface area is 121 Å². The van der Waals surface area contributed by atoms with Crippen molar-refractivity contribution in [3.05, 3.63) is 40.6 Å². The van der Waals surface area contributed by atoms with Crippen molar-refractivity contribution >= 4 is 15.9 Å². The van der Waals surface area contributed by atoms with Crippen LogP contribution in [-0.2, 0) is 0 Å². The predicted octanol–water partition coefficient (Wildman–Crippen LogP) is 4.04. The highest BCUT2D eigenvalue weighted by atomic mass is 79.9. The zero-order chi connectivity index (χ0) is 14.0. The summed E-state index contributed by atoms with van der Waals surface area (Å²) in [5.41, 5.74) is 6.93. The highest BCUT2D eigenvalue weighted by Gasteiger charge is 2.11. The van der Waals surface area contributed by atoms with Crippen LogP contribution in [-0.4, -0.2) is 9.78 Å². The number of benzene rings is 1. The maximum absolute atomic E-state index is 5.97. The van der Waals surface area contributed by atoms with Crippen molar-refractivity contribution in [1.82, 2.24) is 9.78 Å². The maximum atomic E-state index is 5.97. The molecule has 0 spiro atoms. The van der Waals surface area contributed by atoms with Gasteiger partial charge in [-0.3, -0.25) is 4.68 Å². The molecular weight excluding hydrogens is 306 g/mol. The monoisotopic (exact) mass is 323 g/mol. The van der Waals surface area contributed by atoms with Crippen LogP contribution in [0, 0.1) is 0 Å². The summed E-state index contributed by atoms with van der Waals surface area (Å²) in [4.78, 5) is 0. The first kappa shape index (κ1) is 14.1. The number of nitrogens with two attached hydrogens (primary N) is 1. The van der Waals surface area contributed by atoms with Gasteiger partial charge in [-0.2, -0.15) is 5.10 Å². The normalized spacial score (nSPS) is 12.7. The first-order chi connectivity index (χ1) is 8.97. The molecule has 102 valence electrons. The minimum absolute atomic E-state index is 0.0901. The van der Waals surface area contributed by atoms with E-state index in [1.165, 1.54) is 0 Å². The van der Waals surface area contributed by atoms with Crippen LogP contribution in [0.4, 0.5) is 0 Å². The van der Waals surface area contributed by atoms with E-state index >= 15 is 0 Å². The zero-order valence-corrected chi connectivity index (χ0v) is 12.9. The van der Waals surface area contributed by atoms with Gasteiger partial charge in [0.15, 0.2) is 5.75 Å². The zero-order valence-electron chi connectivity index (χ0n) is 11.3. The van der Waals surface area contributed by atoms with Crippen LogP contribution in [0.25, 0.3) is 0 Å². The third-order valence-corrected chi connectivity index (χ3v) is 3.29. The van der Waals surface area contributed by atoms with Crippen molar-refractivity contribution in [2.24, 2.45) is 5.73 Å². The minimum Gasteiger partial charge on any atom is -0.454 e. The third kappa shape index (κ3) is 3.36. The Morgan fingerprint density at radius 1 is 1.32 bits per heavy atom. The van der Waals surface area contributed by atoms with Gasteiger partial charge in [-0.05, 0) is 39.0 Å². The Morgan fingerprint density at radius 2 is 2.05 bits per heavy atom. The van der Waals surface area contributed by atoms with Gasteiger partial charge in [0.1, 0.15) is 5.75 Å². The fraction of sp³-hybridized carbons (Fsp3) is 0.357. The van der Waals surface area contributed by atoms with Gasteiger partial charge < -0.3 is 10.5 Å². The Morgan fingerprint density at radius 3 is 2.63 bits per heavy atom. The lowest BCUT2D eigenvalue weighted by atomic mass is 10.1. The van der Waals surface area contributed by atoms with Crippen LogP contribution in [0.5, 0.6) is 11.5 Å². The molecule has 2 rings (SSSR count). The number of halogens is 1. The molecule has 0 fully saturated rings. The molecular formula is C14H18BrN3O. The van der Waals surface area contributed by atoms with Gasteiger partial charge in [0.2, 0.25) is 0 Å². The number of aromatic nitrogens is 2. The molecule has 0 saturated carbocycles. The topological polar surface area (TPSA) is 53.1 Å². The molecule has 0 aliphatic rings. The summed E-state index contributed by atoms with van der Waals surface area (Å²) in [7, 11) is 0. The standard InChI is InChI=1S/C14H18BrN3O/c1-9(2)18-8-12(7-17-18)19-14-5-4-11(15)6-13(14)10(3)16/h4-10H,16H2,1-3H3. The van der Waals surface area contributed by atoms with E-state index in [9.17, 15) is 0 Å². The molecule has 1 aromatic carbocycles. The molecule has 4 nitrogen and oxygen atoms in total. The average Bonchev–Trinajstić information content (AvgIpc) is 2.80. The summed E-state index contributed by atoms with van der Waals surface area (Å²) in [6.45, 7) is 6.08. The van der Waals surface area contributed by atoms with E-state index in [4.69, 9.17) is 10.5 Å². The third-order valence-electron chi connectivity index (χ3n) is 2.80. The molecule has 1 heterocycles. The van der Waals surface area contributed by atoms with Crippen LogP contribution >= 0.6 is 15.9 Å². The molecule has 1 atom stereocenters. The second-order valence-corrected chi connectivity index (χ2v) is 5.74. The summed E-state index contributed by atoms with van der Waals surface area (Å²) in [6, 6.07) is 6.05. The van der Waals surface area contributed by atoms with E-state index in [0.29, 0.717) is 6.04 Å². The molecule has 0 bridgehead atoms. The molecule has 0 aliphatic carbocycles. The highest BCUT2D eigenvalue weighted by Crippen LogP contribution is 2.31. The predicted molar refractivity (Wildman–Crippen MR) is 79.4 cm³/mol. The van der Waals surface area contributed by atoms with Crippen LogP contribution in [0.2, 0.25) is 0 Å². The molecule has 0 aliphatic heterocycles. The molecule has 0 saturated heterocycles. The summed E-state index contributed by atoms with van der Waals surface area (Å²) in [5.74, 6) is 1.49. The van der Waals surface area contributed by atoms with Gasteiger partial charge in [0.25, 0.3) is 0 Å². The van der Waals surface area contributed by atoms with E-state index in [-0.39, 0.29) is 6.04 Å². The Kier molecular flexibility index (Phi) is 4.27. The van der Waals surface area contributed by atoms with Crippen molar-refractivity contribution in [2.45, 2.75) is 32.9 Å². The lowest BCUT2D eigenvalue weighted by Gasteiger charge is -2.13. The van der Waals surface area contributed by atoms with Gasteiger partial charge in [-0.15, -0.1) is 0 Å². The van der Waals surface area contributed by atoms with E-state index < -0.39 is 0 Å². The number of hydrogen-bond donors (Lipinski definition) is 1. The van der Waals surface area contributed by atoms with Crippen molar-refractivity contribution in [2.75, 3.05) is 0 Å². The second-order valence-electron chi connectivity index (χ2n) is 4.82. The van der Waals surface area contributed by atoms with Crippen molar-refractivity contribution in [3.8, 4) is 11.5 Å². The van der Waals surface area contributed by atoms with Crippen molar-refractivity contribution in [1.29, 1.82) is 0 Å². The van der Waals surface area contributed by atoms with Crippen LogP contribution in [0.15, 0.2) is 35.1 Å². The molecule has 0 radical (unpaired) electrons. The first-order valence-electron chi connectivity index (χ1n) is 6.24. The number of rotatable bonds is 4. The van der Waals surface area contributed by atoms with Crippen molar-refractivity contribution in [3.63, 3.8) is 0 Å². The lowest BCUT2D eigenvalue weighted by molar-refractivity contribution is 0.467. The van der Waals surface area contributed by atoms with Gasteiger partial charge in [-0.25, -0.2) is 0 Å². The van der Waals surface area contributed by atoms with Gasteiger partial charge in [-0.1, -0.05) is 15.9 Å². The fourth-order valence-electron chi connectivity index (χ4n) is 1.75. The fourth-order valence-corrected chi connectivity index (χ4v) is 2.13. The Balaban J connectivity index is 2.27. The minimum atomic E-state index is -0.0901. The Bertz CT molecular complexity index is 564. The summed E-state index contributed by atoms with van der Waals surface area (Å²) >= 11 is 3.45. The van der Waals surface area contributed by atoms with Crippen LogP contribution in [0.1, 0.15) is 38.4 Å². The highest BCUT2D eigenvalue weighted by molar-refractivity contribution is 9.10. The SMILES string of the molecule is CC(N)c1cc(Br)ccc1Oc1cnn(C(C)C)c1. The van der Waals surface area contributed by atoms with Crippen LogP contribution in [0.3, 0.4) is 0 Å². The molecule has 2 N–H and O–H groups in total. The summed E-state index contributed by atoms with van der Waals surface area (Å²) in [5, 5.41) is 4.26. The van der Waals surface area contributed by atoms with E-state index in [2.05, 4.69) is 34.9 Å². The molecule has 1 aromatic heterocycles. The molecule has 19 heavy (non-hydrogen) atoms. The largest absolute Gasteiger partial charge is 0.454 e. The van der Waals surface area contributed by atoms with E-state index in [1.807, 2.05) is 36.0 Å². The number of ether oxygens (including phenoxy) is 1. The van der Waals surface area contributed by atoms with Crippen LogP contribution < -0.4 is 10.5 Å². The quantitative estimate of drug-likeness (QED) is 0.923. The lowest BCUT2D eigenvalue weighted by Crippen LogP contribution is -2.06. The summed E-state index contributed by atoms with van der Waals surface area (Å²) in [6.07, 6.45) is 3.60. The Hall–Kier alpha value is -1.33. The first-order valence-corrected chi connectivity index (χ1v) is 7.03. The average molecular weight is 324 g/mol. The summed E-state index contributed by atoms with van der Waals surface area (Å²) < 4.78 is 8.72. The van der Waals surface area contributed by atoms with Gasteiger partial charge >= 0.3 is 0 Å². The molecule has 1 unspecified atom stereocenters. The maximum Gasteiger partial charge on any atom is 0.165 e. The second kappa shape index (κ2) is 5.75. The van der Waals surface area contributed by atoms with Crippen molar-refractivity contribution < 1.29 is 4.74 Å². The molecule has 5 heteroatoms. The molecule has 2 aromatic rings.